The molecule has 0 unspecified atom stereocenters. The quantitative estimate of drug-likeness (QED) is 0.284. The van der Waals surface area contributed by atoms with E-state index in [0.717, 1.165) is 27.8 Å². The number of rotatable bonds is 5. The number of ketones is 1. The average molecular weight is 424 g/mol. The second-order valence-electron chi connectivity index (χ2n) is 8.21. The molecule has 3 aromatic carbocycles. The number of hydrogen-bond donors (Lipinski definition) is 0. The molecule has 0 N–H and O–H groups in total. The topological polar surface area (TPSA) is 56.3 Å². The fraction of sp³-hybridized carbons (Fsp3) is 0.179. The number of aryl methyl sites for hydroxylation is 4. The van der Waals surface area contributed by atoms with Crippen LogP contribution in [0.1, 0.15) is 43.0 Å². The molecule has 0 saturated heterocycles. The van der Waals surface area contributed by atoms with Gasteiger partial charge >= 0.3 is 5.97 Å². The molecule has 4 aromatic rings. The molecule has 4 heteroatoms. The van der Waals surface area contributed by atoms with Crippen molar-refractivity contribution in [1.82, 2.24) is 4.98 Å². The van der Waals surface area contributed by atoms with Gasteiger partial charge in [0.25, 0.3) is 0 Å². The van der Waals surface area contributed by atoms with Gasteiger partial charge in [-0.15, -0.1) is 0 Å². The Hall–Kier alpha value is -3.79. The van der Waals surface area contributed by atoms with Crippen LogP contribution >= 0.6 is 0 Å². The Labute approximate surface area is 187 Å². The Bertz CT molecular complexity index is 1350. The van der Waals surface area contributed by atoms with Gasteiger partial charge in [0.1, 0.15) is 0 Å². The van der Waals surface area contributed by atoms with Crippen LogP contribution in [0.25, 0.3) is 22.2 Å². The standard InChI is InChI=1S/C28H25NO3/c1-17-9-11-19(3)22(13-17)26-15-24(21-7-5-6-8-25(21)29-26)28(31)32-16-27(30)23-14-18(2)10-12-20(23)4/h5-15H,16H2,1-4H3. The summed E-state index contributed by atoms with van der Waals surface area (Å²) in [4.78, 5) is 30.6. The number of Topliss-reactive ketones (excluding diaryl/α,β-unsaturated/α-hetero) is 1. The Morgan fingerprint density at radius 3 is 2.25 bits per heavy atom. The number of nitrogens with zero attached hydrogens (tertiary/aromatic N) is 1. The number of hydrogen-bond acceptors (Lipinski definition) is 4. The lowest BCUT2D eigenvalue weighted by molar-refractivity contribution is 0.0476. The van der Waals surface area contributed by atoms with E-state index in [9.17, 15) is 9.59 Å². The monoisotopic (exact) mass is 423 g/mol. The molecule has 1 aromatic heterocycles. The van der Waals surface area contributed by atoms with Crippen molar-refractivity contribution in [3.8, 4) is 11.3 Å². The van der Waals surface area contributed by atoms with Crippen LogP contribution in [0.4, 0.5) is 0 Å². The van der Waals surface area contributed by atoms with Crippen LogP contribution in [0, 0.1) is 27.7 Å². The van der Waals surface area contributed by atoms with Gasteiger partial charge in [-0.2, -0.15) is 0 Å². The normalized spacial score (nSPS) is 10.9. The number of carbonyl (C=O) groups excluding carboxylic acids is 2. The molecule has 0 aliphatic carbocycles. The third-order valence-electron chi connectivity index (χ3n) is 5.63. The summed E-state index contributed by atoms with van der Waals surface area (Å²) in [7, 11) is 0. The molecule has 160 valence electrons. The maximum atomic E-state index is 13.1. The summed E-state index contributed by atoms with van der Waals surface area (Å²) >= 11 is 0. The van der Waals surface area contributed by atoms with Crippen molar-refractivity contribution < 1.29 is 14.3 Å². The minimum absolute atomic E-state index is 0.215. The van der Waals surface area contributed by atoms with Gasteiger partial charge in [0.15, 0.2) is 6.61 Å². The highest BCUT2D eigenvalue weighted by Crippen LogP contribution is 2.28. The third-order valence-corrected chi connectivity index (χ3v) is 5.63. The maximum absolute atomic E-state index is 13.1. The zero-order valence-corrected chi connectivity index (χ0v) is 18.7. The average Bonchev–Trinajstić information content (AvgIpc) is 2.79. The van der Waals surface area contributed by atoms with Gasteiger partial charge in [0.2, 0.25) is 5.78 Å². The molecule has 4 nitrogen and oxygen atoms in total. The first-order valence-electron chi connectivity index (χ1n) is 10.6. The number of fused-ring (bicyclic) bond motifs is 1. The predicted octanol–water partition coefficient (Wildman–Crippen LogP) is 6.18. The van der Waals surface area contributed by atoms with E-state index < -0.39 is 5.97 Å². The van der Waals surface area contributed by atoms with Crippen LogP contribution in [0.15, 0.2) is 66.7 Å². The molecule has 0 aliphatic rings. The first-order chi connectivity index (χ1) is 15.3. The second-order valence-corrected chi connectivity index (χ2v) is 8.21. The van der Waals surface area contributed by atoms with E-state index in [1.807, 2.05) is 82.3 Å². The second kappa shape index (κ2) is 8.75. The molecule has 0 atom stereocenters. The van der Waals surface area contributed by atoms with E-state index >= 15 is 0 Å². The molecule has 0 fully saturated rings. The van der Waals surface area contributed by atoms with Crippen LogP contribution in [0.5, 0.6) is 0 Å². The molecule has 0 spiro atoms. The van der Waals surface area contributed by atoms with Crippen molar-refractivity contribution in [3.63, 3.8) is 0 Å². The first-order valence-corrected chi connectivity index (χ1v) is 10.6. The van der Waals surface area contributed by atoms with Crippen LogP contribution in [-0.4, -0.2) is 23.3 Å². The highest BCUT2D eigenvalue weighted by molar-refractivity contribution is 6.06. The van der Waals surface area contributed by atoms with Crippen LogP contribution < -0.4 is 0 Å². The fourth-order valence-corrected chi connectivity index (χ4v) is 3.82. The molecule has 1 heterocycles. The lowest BCUT2D eigenvalue weighted by Gasteiger charge is -2.12. The van der Waals surface area contributed by atoms with Gasteiger partial charge in [0.05, 0.1) is 16.8 Å². The van der Waals surface area contributed by atoms with Crippen molar-refractivity contribution in [2.45, 2.75) is 27.7 Å². The van der Waals surface area contributed by atoms with Crippen molar-refractivity contribution in [3.05, 3.63) is 100 Å². The molecule has 0 saturated carbocycles. The smallest absolute Gasteiger partial charge is 0.339 e. The first kappa shape index (κ1) is 21.4. The van der Waals surface area contributed by atoms with Crippen molar-refractivity contribution in [2.75, 3.05) is 6.61 Å². The predicted molar refractivity (Wildman–Crippen MR) is 127 cm³/mol. The lowest BCUT2D eigenvalue weighted by Crippen LogP contribution is -2.16. The summed E-state index contributed by atoms with van der Waals surface area (Å²) in [6, 6.07) is 21.1. The Balaban J connectivity index is 1.68. The molecular formula is C28H25NO3. The third kappa shape index (κ3) is 4.30. The van der Waals surface area contributed by atoms with Gasteiger partial charge in [-0.1, -0.05) is 53.6 Å². The Morgan fingerprint density at radius 1 is 0.781 bits per heavy atom. The van der Waals surface area contributed by atoms with Crippen molar-refractivity contribution >= 4 is 22.7 Å². The fourth-order valence-electron chi connectivity index (χ4n) is 3.82. The SMILES string of the molecule is Cc1ccc(C)c(C(=O)COC(=O)c2cc(-c3cc(C)ccc3C)nc3ccccc23)c1. The van der Waals surface area contributed by atoms with Gasteiger partial charge in [-0.25, -0.2) is 9.78 Å². The number of esters is 1. The lowest BCUT2D eigenvalue weighted by atomic mass is 9.99. The summed E-state index contributed by atoms with van der Waals surface area (Å²) in [5.74, 6) is -0.749. The highest BCUT2D eigenvalue weighted by Gasteiger charge is 2.18. The Morgan fingerprint density at radius 2 is 1.47 bits per heavy atom. The van der Waals surface area contributed by atoms with Crippen LogP contribution in [-0.2, 0) is 4.74 Å². The number of pyridine rings is 1. The van der Waals surface area contributed by atoms with Crippen molar-refractivity contribution in [1.29, 1.82) is 0 Å². The summed E-state index contributed by atoms with van der Waals surface area (Å²) in [5, 5.41) is 0.700. The molecule has 0 bridgehead atoms. The van der Waals surface area contributed by atoms with Gasteiger partial charge < -0.3 is 4.74 Å². The van der Waals surface area contributed by atoms with Crippen LogP contribution in [0.2, 0.25) is 0 Å². The van der Waals surface area contributed by atoms with Gasteiger partial charge in [0, 0.05) is 16.5 Å². The minimum atomic E-state index is -0.534. The summed E-state index contributed by atoms with van der Waals surface area (Å²) in [5.41, 5.74) is 7.40. The zero-order valence-electron chi connectivity index (χ0n) is 18.7. The molecule has 0 aliphatic heterocycles. The van der Waals surface area contributed by atoms with Crippen LogP contribution in [0.3, 0.4) is 0 Å². The van der Waals surface area contributed by atoms with E-state index in [4.69, 9.17) is 9.72 Å². The maximum Gasteiger partial charge on any atom is 0.339 e. The minimum Gasteiger partial charge on any atom is -0.454 e. The molecule has 4 rings (SSSR count). The summed E-state index contributed by atoms with van der Waals surface area (Å²) < 4.78 is 5.48. The molecular weight excluding hydrogens is 398 g/mol. The molecule has 0 radical (unpaired) electrons. The Kier molecular flexibility index (Phi) is 5.87. The van der Waals surface area contributed by atoms with E-state index in [1.54, 1.807) is 6.07 Å². The number of para-hydroxylation sites is 1. The highest BCUT2D eigenvalue weighted by atomic mass is 16.5. The van der Waals surface area contributed by atoms with E-state index in [1.165, 1.54) is 0 Å². The van der Waals surface area contributed by atoms with E-state index in [-0.39, 0.29) is 12.4 Å². The molecule has 0 amide bonds. The number of aromatic nitrogens is 1. The summed E-state index contributed by atoms with van der Waals surface area (Å²) in [6.45, 7) is 7.55. The largest absolute Gasteiger partial charge is 0.454 e. The van der Waals surface area contributed by atoms with E-state index in [2.05, 4.69) is 6.07 Å². The van der Waals surface area contributed by atoms with Gasteiger partial charge in [-0.3, -0.25) is 4.79 Å². The van der Waals surface area contributed by atoms with E-state index in [0.29, 0.717) is 27.7 Å². The van der Waals surface area contributed by atoms with Crippen molar-refractivity contribution in [2.24, 2.45) is 0 Å². The zero-order chi connectivity index (χ0) is 22.8. The number of benzene rings is 3. The molecule has 32 heavy (non-hydrogen) atoms. The van der Waals surface area contributed by atoms with Gasteiger partial charge in [-0.05, 0) is 63.1 Å². The number of ether oxygens (including phenoxy) is 1. The number of carbonyl (C=O) groups is 2. The summed E-state index contributed by atoms with van der Waals surface area (Å²) in [6.07, 6.45) is 0.